The summed E-state index contributed by atoms with van der Waals surface area (Å²) >= 11 is 11.8. The molecule has 1 aliphatic heterocycles. The van der Waals surface area contributed by atoms with E-state index in [0.29, 0.717) is 6.04 Å². The van der Waals surface area contributed by atoms with Crippen LogP contribution in [-0.4, -0.2) is 6.54 Å². The summed E-state index contributed by atoms with van der Waals surface area (Å²) < 4.78 is 0. The molecule has 1 nitrogen and oxygen atoms in total. The van der Waals surface area contributed by atoms with E-state index >= 15 is 0 Å². The van der Waals surface area contributed by atoms with Crippen LogP contribution in [0.5, 0.6) is 0 Å². The van der Waals surface area contributed by atoms with Crippen molar-refractivity contribution in [3.63, 3.8) is 0 Å². The molecule has 78 valence electrons. The highest BCUT2D eigenvalue weighted by Crippen LogP contribution is 2.28. The van der Waals surface area contributed by atoms with Crippen LogP contribution in [0.4, 0.5) is 0 Å². The molecule has 0 saturated carbocycles. The molecule has 1 aromatic carbocycles. The molecule has 2 rings (SSSR count). The highest BCUT2D eigenvalue weighted by atomic mass is 35.5. The van der Waals surface area contributed by atoms with Gasteiger partial charge < -0.3 is 5.32 Å². The van der Waals surface area contributed by atoms with Gasteiger partial charge in [-0.25, -0.2) is 0 Å². The number of halogens is 3. The van der Waals surface area contributed by atoms with E-state index in [4.69, 9.17) is 23.2 Å². The predicted molar refractivity (Wildman–Crippen MR) is 63.7 cm³/mol. The first-order valence-corrected chi connectivity index (χ1v) is 5.21. The Kier molecular flexibility index (Phi) is 4.52. The first kappa shape index (κ1) is 12.1. The van der Waals surface area contributed by atoms with Gasteiger partial charge in [0.2, 0.25) is 0 Å². The molecule has 0 radical (unpaired) electrons. The first-order valence-electron chi connectivity index (χ1n) is 4.45. The third-order valence-corrected chi connectivity index (χ3v) is 2.78. The molecule has 1 saturated heterocycles. The summed E-state index contributed by atoms with van der Waals surface area (Å²) in [4.78, 5) is 0. The molecule has 0 aromatic heterocycles. The van der Waals surface area contributed by atoms with Crippen LogP contribution in [0.15, 0.2) is 18.2 Å². The molecule has 0 bridgehead atoms. The van der Waals surface area contributed by atoms with Gasteiger partial charge in [-0.2, -0.15) is 0 Å². The molecule has 1 atom stereocenters. The fraction of sp³-hybridized carbons (Fsp3) is 0.400. The largest absolute Gasteiger partial charge is 0.310 e. The summed E-state index contributed by atoms with van der Waals surface area (Å²) in [7, 11) is 0. The Balaban J connectivity index is 0.000000980. The minimum absolute atomic E-state index is 0. The second kappa shape index (κ2) is 5.22. The zero-order chi connectivity index (χ0) is 9.26. The molecule has 0 amide bonds. The van der Waals surface area contributed by atoms with Gasteiger partial charge in [-0.15, -0.1) is 12.4 Å². The van der Waals surface area contributed by atoms with E-state index < -0.39 is 0 Å². The maximum absolute atomic E-state index is 5.92. The fourth-order valence-corrected chi connectivity index (χ4v) is 2.29. The van der Waals surface area contributed by atoms with Crippen LogP contribution in [0.2, 0.25) is 10.0 Å². The number of rotatable bonds is 1. The van der Waals surface area contributed by atoms with Crippen molar-refractivity contribution in [2.24, 2.45) is 0 Å². The molecular formula is C10H12Cl3N. The topological polar surface area (TPSA) is 12.0 Å². The van der Waals surface area contributed by atoms with E-state index in [9.17, 15) is 0 Å². The molecule has 1 aliphatic rings. The second-order valence-electron chi connectivity index (χ2n) is 3.35. The van der Waals surface area contributed by atoms with Gasteiger partial charge in [0.15, 0.2) is 0 Å². The monoisotopic (exact) mass is 251 g/mol. The Hall–Kier alpha value is 0.0500. The average molecular weight is 253 g/mol. The summed E-state index contributed by atoms with van der Waals surface area (Å²) in [5.74, 6) is 0. The van der Waals surface area contributed by atoms with Crippen molar-refractivity contribution >= 4 is 35.6 Å². The summed E-state index contributed by atoms with van der Waals surface area (Å²) in [6.07, 6.45) is 2.41. The SMILES string of the molecule is Cl.Clc1cc(Cl)cc([C@@H]2CCCN2)c1. The molecule has 0 aliphatic carbocycles. The van der Waals surface area contributed by atoms with Gasteiger partial charge in [0, 0.05) is 16.1 Å². The maximum atomic E-state index is 5.92. The molecule has 1 fully saturated rings. The minimum Gasteiger partial charge on any atom is -0.310 e. The van der Waals surface area contributed by atoms with E-state index in [1.54, 1.807) is 6.07 Å². The molecule has 1 aromatic rings. The van der Waals surface area contributed by atoms with Crippen LogP contribution in [0.1, 0.15) is 24.4 Å². The Bertz CT molecular complexity index is 288. The maximum Gasteiger partial charge on any atom is 0.0424 e. The fourth-order valence-electron chi connectivity index (χ4n) is 1.75. The van der Waals surface area contributed by atoms with Crippen molar-refractivity contribution in [2.45, 2.75) is 18.9 Å². The van der Waals surface area contributed by atoms with Gasteiger partial charge in [-0.3, -0.25) is 0 Å². The van der Waals surface area contributed by atoms with Crippen LogP contribution >= 0.6 is 35.6 Å². The highest BCUT2D eigenvalue weighted by molar-refractivity contribution is 6.34. The van der Waals surface area contributed by atoms with Gasteiger partial charge in [0.05, 0.1) is 0 Å². The summed E-state index contributed by atoms with van der Waals surface area (Å²) in [5, 5.41) is 4.85. The van der Waals surface area contributed by atoms with E-state index in [-0.39, 0.29) is 12.4 Å². The third-order valence-electron chi connectivity index (χ3n) is 2.35. The Morgan fingerprint density at radius 1 is 1.14 bits per heavy atom. The zero-order valence-corrected chi connectivity index (χ0v) is 9.92. The highest BCUT2D eigenvalue weighted by Gasteiger charge is 2.16. The smallest absolute Gasteiger partial charge is 0.0424 e. The quantitative estimate of drug-likeness (QED) is 0.801. The van der Waals surface area contributed by atoms with E-state index in [0.717, 1.165) is 16.6 Å². The van der Waals surface area contributed by atoms with Gasteiger partial charge in [0.25, 0.3) is 0 Å². The van der Waals surface area contributed by atoms with Crippen LogP contribution in [0.3, 0.4) is 0 Å². The van der Waals surface area contributed by atoms with E-state index in [2.05, 4.69) is 5.32 Å². The number of hydrogen-bond acceptors (Lipinski definition) is 1. The van der Waals surface area contributed by atoms with E-state index in [1.165, 1.54) is 18.4 Å². The van der Waals surface area contributed by atoms with Gasteiger partial charge in [-0.05, 0) is 43.1 Å². The van der Waals surface area contributed by atoms with Crippen molar-refractivity contribution in [1.29, 1.82) is 0 Å². The van der Waals surface area contributed by atoms with Crippen LogP contribution in [0.25, 0.3) is 0 Å². The van der Waals surface area contributed by atoms with Crippen molar-refractivity contribution in [2.75, 3.05) is 6.54 Å². The molecule has 0 spiro atoms. The minimum atomic E-state index is 0. The van der Waals surface area contributed by atoms with Crippen molar-refractivity contribution in [3.8, 4) is 0 Å². The Morgan fingerprint density at radius 2 is 1.79 bits per heavy atom. The standard InChI is InChI=1S/C10H11Cl2N.ClH/c11-8-4-7(5-9(12)6-8)10-2-1-3-13-10;/h4-6,10,13H,1-3H2;1H/t10-;/m0./s1. The van der Waals surface area contributed by atoms with Gasteiger partial charge in [0.1, 0.15) is 0 Å². The predicted octanol–water partition coefficient (Wildman–Crippen LogP) is 3.84. The zero-order valence-electron chi connectivity index (χ0n) is 7.59. The lowest BCUT2D eigenvalue weighted by Gasteiger charge is -2.11. The summed E-state index contributed by atoms with van der Waals surface area (Å²) in [6.45, 7) is 1.09. The van der Waals surface area contributed by atoms with Crippen molar-refractivity contribution < 1.29 is 0 Å². The lowest BCUT2D eigenvalue weighted by atomic mass is 10.1. The lowest BCUT2D eigenvalue weighted by Crippen LogP contribution is -2.12. The van der Waals surface area contributed by atoms with E-state index in [1.807, 2.05) is 12.1 Å². The molecule has 1 N–H and O–H groups in total. The lowest BCUT2D eigenvalue weighted by molar-refractivity contribution is 0.648. The summed E-state index contributed by atoms with van der Waals surface area (Å²) in [5.41, 5.74) is 1.20. The first-order chi connectivity index (χ1) is 6.25. The Labute approximate surface area is 100 Å². The molecule has 1 heterocycles. The normalized spacial score (nSPS) is 20.6. The van der Waals surface area contributed by atoms with Gasteiger partial charge >= 0.3 is 0 Å². The molecular weight excluding hydrogens is 240 g/mol. The Morgan fingerprint density at radius 3 is 2.29 bits per heavy atom. The number of benzene rings is 1. The van der Waals surface area contributed by atoms with Crippen LogP contribution in [0, 0.1) is 0 Å². The average Bonchev–Trinajstić information content (AvgIpc) is 2.53. The molecule has 4 heteroatoms. The molecule has 14 heavy (non-hydrogen) atoms. The van der Waals surface area contributed by atoms with Crippen LogP contribution in [-0.2, 0) is 0 Å². The van der Waals surface area contributed by atoms with Crippen molar-refractivity contribution in [3.05, 3.63) is 33.8 Å². The van der Waals surface area contributed by atoms with Crippen LogP contribution < -0.4 is 5.32 Å². The van der Waals surface area contributed by atoms with Gasteiger partial charge in [-0.1, -0.05) is 23.2 Å². The second-order valence-corrected chi connectivity index (χ2v) is 4.22. The number of nitrogens with one attached hydrogen (secondary N) is 1. The summed E-state index contributed by atoms with van der Waals surface area (Å²) in [6, 6.07) is 6.17. The third kappa shape index (κ3) is 2.77. The van der Waals surface area contributed by atoms with Crippen molar-refractivity contribution in [1.82, 2.24) is 5.32 Å². The number of hydrogen-bond donors (Lipinski definition) is 1. The molecule has 0 unspecified atom stereocenters.